The second-order valence-electron chi connectivity index (χ2n) is 4.34. The van der Waals surface area contributed by atoms with Crippen LogP contribution in [0.2, 0.25) is 0 Å². The Morgan fingerprint density at radius 3 is 2.19 bits per heavy atom. The molecule has 3 heteroatoms. The van der Waals surface area contributed by atoms with Crippen LogP contribution in [0.4, 0.5) is 5.69 Å². The Hall–Kier alpha value is -1.51. The summed E-state index contributed by atoms with van der Waals surface area (Å²) in [6.07, 6.45) is 1.84. The average molecular weight is 220 g/mol. The topological polar surface area (TPSA) is 55.1 Å². The standard InChI is InChI=1S/C13H20N2O/c1-4-13(3,5-2)15-12(16)10-6-8-11(14)9-7-10/h6-9H,4-5,14H2,1-3H3,(H,15,16). The third-order valence-electron chi connectivity index (χ3n) is 3.15. The molecule has 0 aromatic heterocycles. The fourth-order valence-corrected chi connectivity index (χ4v) is 1.41. The zero-order chi connectivity index (χ0) is 12.2. The van der Waals surface area contributed by atoms with Gasteiger partial charge in [0.15, 0.2) is 0 Å². The molecule has 0 heterocycles. The van der Waals surface area contributed by atoms with Crippen molar-refractivity contribution in [2.45, 2.75) is 39.2 Å². The Balaban J connectivity index is 2.76. The number of amides is 1. The summed E-state index contributed by atoms with van der Waals surface area (Å²) < 4.78 is 0. The van der Waals surface area contributed by atoms with E-state index in [1.165, 1.54) is 0 Å². The summed E-state index contributed by atoms with van der Waals surface area (Å²) in [5.41, 5.74) is 6.77. The van der Waals surface area contributed by atoms with Gasteiger partial charge in [-0.2, -0.15) is 0 Å². The second-order valence-corrected chi connectivity index (χ2v) is 4.34. The van der Waals surface area contributed by atoms with Crippen LogP contribution in [0.3, 0.4) is 0 Å². The number of nitrogen functional groups attached to an aromatic ring is 1. The molecule has 0 aliphatic heterocycles. The molecule has 0 atom stereocenters. The lowest BCUT2D eigenvalue weighted by Crippen LogP contribution is -2.44. The molecule has 1 aromatic carbocycles. The minimum absolute atomic E-state index is 0.0359. The fourth-order valence-electron chi connectivity index (χ4n) is 1.41. The van der Waals surface area contributed by atoms with Crippen molar-refractivity contribution < 1.29 is 4.79 Å². The van der Waals surface area contributed by atoms with Gasteiger partial charge in [-0.15, -0.1) is 0 Å². The Morgan fingerprint density at radius 2 is 1.75 bits per heavy atom. The lowest BCUT2D eigenvalue weighted by atomic mass is 9.95. The van der Waals surface area contributed by atoms with Crippen molar-refractivity contribution in [1.82, 2.24) is 5.32 Å². The van der Waals surface area contributed by atoms with Crippen LogP contribution in [0.15, 0.2) is 24.3 Å². The minimum Gasteiger partial charge on any atom is -0.399 e. The van der Waals surface area contributed by atoms with Crippen LogP contribution in [0.1, 0.15) is 44.0 Å². The van der Waals surface area contributed by atoms with Gasteiger partial charge in [-0.1, -0.05) is 13.8 Å². The third-order valence-corrected chi connectivity index (χ3v) is 3.15. The van der Waals surface area contributed by atoms with Crippen molar-refractivity contribution in [1.29, 1.82) is 0 Å². The third kappa shape index (κ3) is 2.99. The van der Waals surface area contributed by atoms with Gasteiger partial charge >= 0.3 is 0 Å². The van der Waals surface area contributed by atoms with E-state index in [0.717, 1.165) is 12.8 Å². The van der Waals surface area contributed by atoms with Crippen LogP contribution >= 0.6 is 0 Å². The molecule has 0 bridgehead atoms. The molecule has 0 spiro atoms. The van der Waals surface area contributed by atoms with Crippen molar-refractivity contribution in [3.05, 3.63) is 29.8 Å². The van der Waals surface area contributed by atoms with Gasteiger partial charge in [0.2, 0.25) is 0 Å². The van der Waals surface area contributed by atoms with Crippen LogP contribution in [-0.4, -0.2) is 11.4 Å². The van der Waals surface area contributed by atoms with E-state index < -0.39 is 0 Å². The summed E-state index contributed by atoms with van der Waals surface area (Å²) in [4.78, 5) is 11.9. The average Bonchev–Trinajstić information content (AvgIpc) is 2.29. The van der Waals surface area contributed by atoms with Gasteiger partial charge in [-0.05, 0) is 44.0 Å². The quantitative estimate of drug-likeness (QED) is 0.766. The SMILES string of the molecule is CCC(C)(CC)NC(=O)c1ccc(N)cc1. The molecule has 0 fully saturated rings. The molecule has 16 heavy (non-hydrogen) atoms. The molecule has 0 aliphatic carbocycles. The smallest absolute Gasteiger partial charge is 0.251 e. The molecule has 0 aliphatic rings. The van der Waals surface area contributed by atoms with Gasteiger partial charge in [0.05, 0.1) is 0 Å². The zero-order valence-corrected chi connectivity index (χ0v) is 10.2. The molecule has 0 saturated heterocycles. The zero-order valence-electron chi connectivity index (χ0n) is 10.2. The Morgan fingerprint density at radius 1 is 1.25 bits per heavy atom. The number of carbonyl (C=O) groups excluding carboxylic acids is 1. The largest absolute Gasteiger partial charge is 0.399 e. The van der Waals surface area contributed by atoms with Crippen molar-refractivity contribution in [3.63, 3.8) is 0 Å². The summed E-state index contributed by atoms with van der Waals surface area (Å²) >= 11 is 0. The first-order valence-electron chi connectivity index (χ1n) is 5.69. The maximum absolute atomic E-state index is 11.9. The summed E-state index contributed by atoms with van der Waals surface area (Å²) in [7, 11) is 0. The molecule has 0 radical (unpaired) electrons. The predicted molar refractivity (Wildman–Crippen MR) is 67.3 cm³/mol. The van der Waals surface area contributed by atoms with Crippen LogP contribution in [-0.2, 0) is 0 Å². The van der Waals surface area contributed by atoms with E-state index in [4.69, 9.17) is 5.73 Å². The predicted octanol–water partition coefficient (Wildman–Crippen LogP) is 2.58. The summed E-state index contributed by atoms with van der Waals surface area (Å²) in [5.74, 6) is -0.0359. The number of hydrogen-bond acceptors (Lipinski definition) is 2. The number of benzene rings is 1. The highest BCUT2D eigenvalue weighted by Crippen LogP contribution is 2.15. The van der Waals surface area contributed by atoms with Gasteiger partial charge < -0.3 is 11.1 Å². The van der Waals surface area contributed by atoms with Gasteiger partial charge in [-0.25, -0.2) is 0 Å². The van der Waals surface area contributed by atoms with Crippen LogP contribution in [0, 0.1) is 0 Å². The molecule has 1 rings (SSSR count). The Bertz CT molecular complexity index is 353. The Kier molecular flexibility index (Phi) is 3.93. The van der Waals surface area contributed by atoms with E-state index in [1.807, 2.05) is 0 Å². The lowest BCUT2D eigenvalue weighted by Gasteiger charge is -2.28. The van der Waals surface area contributed by atoms with Gasteiger partial charge in [0, 0.05) is 16.8 Å². The number of nitrogens with two attached hydrogens (primary N) is 1. The Labute approximate surface area is 97.0 Å². The monoisotopic (exact) mass is 220 g/mol. The van der Waals surface area contributed by atoms with Crippen LogP contribution < -0.4 is 11.1 Å². The molecule has 3 nitrogen and oxygen atoms in total. The van der Waals surface area contributed by atoms with Gasteiger partial charge in [0.1, 0.15) is 0 Å². The van der Waals surface area contributed by atoms with E-state index in [1.54, 1.807) is 24.3 Å². The van der Waals surface area contributed by atoms with E-state index in [2.05, 4.69) is 26.1 Å². The molecule has 88 valence electrons. The van der Waals surface area contributed by atoms with E-state index in [-0.39, 0.29) is 11.4 Å². The maximum Gasteiger partial charge on any atom is 0.251 e. The lowest BCUT2D eigenvalue weighted by molar-refractivity contribution is 0.0901. The summed E-state index contributed by atoms with van der Waals surface area (Å²) in [5, 5.41) is 3.05. The number of carbonyl (C=O) groups is 1. The van der Waals surface area contributed by atoms with Crippen molar-refractivity contribution in [3.8, 4) is 0 Å². The molecule has 1 amide bonds. The molecule has 1 aromatic rings. The summed E-state index contributed by atoms with van der Waals surface area (Å²) in [6, 6.07) is 6.97. The first kappa shape index (κ1) is 12.6. The van der Waals surface area contributed by atoms with Crippen molar-refractivity contribution in [2.75, 3.05) is 5.73 Å². The highest BCUT2D eigenvalue weighted by atomic mass is 16.1. The first-order chi connectivity index (χ1) is 7.50. The second kappa shape index (κ2) is 5.01. The van der Waals surface area contributed by atoms with Gasteiger partial charge in [0.25, 0.3) is 5.91 Å². The first-order valence-corrected chi connectivity index (χ1v) is 5.69. The van der Waals surface area contributed by atoms with Crippen molar-refractivity contribution >= 4 is 11.6 Å². The molecular weight excluding hydrogens is 200 g/mol. The minimum atomic E-state index is -0.127. The number of anilines is 1. The van der Waals surface area contributed by atoms with E-state index in [9.17, 15) is 4.79 Å². The van der Waals surface area contributed by atoms with E-state index >= 15 is 0 Å². The van der Waals surface area contributed by atoms with Crippen LogP contribution in [0.25, 0.3) is 0 Å². The highest BCUT2D eigenvalue weighted by Gasteiger charge is 2.22. The number of nitrogens with one attached hydrogen (secondary N) is 1. The normalized spacial score (nSPS) is 11.2. The highest BCUT2D eigenvalue weighted by molar-refractivity contribution is 5.94. The molecule has 0 unspecified atom stereocenters. The molecule has 0 saturated carbocycles. The maximum atomic E-state index is 11.9. The summed E-state index contributed by atoms with van der Waals surface area (Å²) in [6.45, 7) is 6.21. The van der Waals surface area contributed by atoms with E-state index in [0.29, 0.717) is 11.3 Å². The van der Waals surface area contributed by atoms with Crippen LogP contribution in [0.5, 0.6) is 0 Å². The molecule has 3 N–H and O–H groups in total. The fraction of sp³-hybridized carbons (Fsp3) is 0.462. The number of rotatable bonds is 4. The number of hydrogen-bond donors (Lipinski definition) is 2. The van der Waals surface area contributed by atoms with Crippen molar-refractivity contribution in [2.24, 2.45) is 0 Å². The molecular formula is C13H20N2O. The van der Waals surface area contributed by atoms with Gasteiger partial charge in [-0.3, -0.25) is 4.79 Å².